The lowest BCUT2D eigenvalue weighted by molar-refractivity contribution is -0.135. The van der Waals surface area contributed by atoms with Crippen LogP contribution in [0.25, 0.3) is 0 Å². The second kappa shape index (κ2) is 8.09. The van der Waals surface area contributed by atoms with Crippen molar-refractivity contribution in [2.75, 3.05) is 6.54 Å². The SMILES string of the molecule is CCCC[C@H](C(N)=O)[C@H](C(=O)NCC)C(C)C. The van der Waals surface area contributed by atoms with Crippen LogP contribution in [-0.4, -0.2) is 18.4 Å². The highest BCUT2D eigenvalue weighted by atomic mass is 16.2. The van der Waals surface area contributed by atoms with Gasteiger partial charge < -0.3 is 11.1 Å². The molecule has 0 aliphatic carbocycles. The smallest absolute Gasteiger partial charge is 0.224 e. The predicted molar refractivity (Wildman–Crippen MR) is 69.2 cm³/mol. The van der Waals surface area contributed by atoms with E-state index in [9.17, 15) is 9.59 Å². The molecule has 2 atom stereocenters. The van der Waals surface area contributed by atoms with Gasteiger partial charge in [-0.3, -0.25) is 9.59 Å². The van der Waals surface area contributed by atoms with E-state index in [1.54, 1.807) is 0 Å². The van der Waals surface area contributed by atoms with Crippen molar-refractivity contribution in [3.8, 4) is 0 Å². The number of nitrogens with two attached hydrogens (primary N) is 1. The Labute approximate surface area is 104 Å². The molecule has 4 nitrogen and oxygen atoms in total. The first-order chi connectivity index (χ1) is 7.95. The minimum atomic E-state index is -0.358. The summed E-state index contributed by atoms with van der Waals surface area (Å²) in [5.74, 6) is -0.942. The Morgan fingerprint density at radius 2 is 1.82 bits per heavy atom. The van der Waals surface area contributed by atoms with Gasteiger partial charge in [-0.1, -0.05) is 33.6 Å². The van der Waals surface area contributed by atoms with Crippen molar-refractivity contribution in [2.45, 2.75) is 47.0 Å². The van der Waals surface area contributed by atoms with Gasteiger partial charge in [0.1, 0.15) is 0 Å². The van der Waals surface area contributed by atoms with E-state index in [0.29, 0.717) is 13.0 Å². The highest BCUT2D eigenvalue weighted by Crippen LogP contribution is 2.25. The molecule has 0 aromatic carbocycles. The third-order valence-electron chi connectivity index (χ3n) is 3.04. The zero-order chi connectivity index (χ0) is 13.4. The van der Waals surface area contributed by atoms with Crippen LogP contribution in [0.1, 0.15) is 47.0 Å². The first kappa shape index (κ1) is 15.9. The summed E-state index contributed by atoms with van der Waals surface area (Å²) in [6, 6.07) is 0. The third-order valence-corrected chi connectivity index (χ3v) is 3.04. The molecule has 0 bridgehead atoms. The normalized spacial score (nSPS) is 14.4. The Kier molecular flexibility index (Phi) is 7.59. The van der Waals surface area contributed by atoms with Crippen LogP contribution < -0.4 is 11.1 Å². The van der Waals surface area contributed by atoms with Crippen LogP contribution >= 0.6 is 0 Å². The van der Waals surface area contributed by atoms with Gasteiger partial charge in [0.2, 0.25) is 11.8 Å². The van der Waals surface area contributed by atoms with E-state index in [4.69, 9.17) is 5.73 Å². The molecule has 0 rings (SSSR count). The molecule has 0 radical (unpaired) electrons. The van der Waals surface area contributed by atoms with E-state index >= 15 is 0 Å². The first-order valence-corrected chi connectivity index (χ1v) is 6.52. The van der Waals surface area contributed by atoms with E-state index in [1.807, 2.05) is 20.8 Å². The van der Waals surface area contributed by atoms with Crippen LogP contribution in [-0.2, 0) is 9.59 Å². The fourth-order valence-corrected chi connectivity index (χ4v) is 2.16. The fourth-order valence-electron chi connectivity index (χ4n) is 2.16. The second-order valence-electron chi connectivity index (χ2n) is 4.82. The van der Waals surface area contributed by atoms with Crippen LogP contribution in [0.3, 0.4) is 0 Å². The van der Waals surface area contributed by atoms with Crippen molar-refractivity contribution >= 4 is 11.8 Å². The monoisotopic (exact) mass is 242 g/mol. The van der Waals surface area contributed by atoms with Crippen LogP contribution in [0, 0.1) is 17.8 Å². The number of nitrogens with one attached hydrogen (secondary N) is 1. The maximum Gasteiger partial charge on any atom is 0.224 e. The molecule has 0 fully saturated rings. The molecule has 17 heavy (non-hydrogen) atoms. The Morgan fingerprint density at radius 3 is 2.18 bits per heavy atom. The average molecular weight is 242 g/mol. The Hall–Kier alpha value is -1.06. The summed E-state index contributed by atoms with van der Waals surface area (Å²) in [6.45, 7) is 8.44. The third kappa shape index (κ3) is 5.20. The Balaban J connectivity index is 4.82. The fraction of sp³-hybridized carbons (Fsp3) is 0.846. The lowest BCUT2D eigenvalue weighted by atomic mass is 9.79. The molecular formula is C13H26N2O2. The summed E-state index contributed by atoms with van der Waals surface area (Å²) < 4.78 is 0. The van der Waals surface area contributed by atoms with E-state index in [0.717, 1.165) is 12.8 Å². The molecule has 0 saturated carbocycles. The van der Waals surface area contributed by atoms with Gasteiger partial charge in [-0.2, -0.15) is 0 Å². The molecule has 0 aromatic heterocycles. The molecular weight excluding hydrogens is 216 g/mol. The number of primary amides is 1. The molecule has 0 heterocycles. The number of unbranched alkanes of at least 4 members (excludes halogenated alkanes) is 1. The molecule has 0 unspecified atom stereocenters. The Morgan fingerprint density at radius 1 is 1.24 bits per heavy atom. The molecule has 2 amide bonds. The predicted octanol–water partition coefficient (Wildman–Crippen LogP) is 1.69. The highest BCUT2D eigenvalue weighted by Gasteiger charge is 2.33. The minimum Gasteiger partial charge on any atom is -0.369 e. The molecule has 0 saturated heterocycles. The molecule has 0 spiro atoms. The molecule has 3 N–H and O–H groups in total. The van der Waals surface area contributed by atoms with E-state index in [2.05, 4.69) is 12.2 Å². The largest absolute Gasteiger partial charge is 0.369 e. The van der Waals surface area contributed by atoms with Crippen molar-refractivity contribution in [3.63, 3.8) is 0 Å². The molecule has 100 valence electrons. The number of carbonyl (C=O) groups excluding carboxylic acids is 2. The van der Waals surface area contributed by atoms with Crippen molar-refractivity contribution in [3.05, 3.63) is 0 Å². The second-order valence-corrected chi connectivity index (χ2v) is 4.82. The van der Waals surface area contributed by atoms with E-state index < -0.39 is 0 Å². The molecule has 0 aromatic rings. The average Bonchev–Trinajstić information content (AvgIpc) is 2.23. The summed E-state index contributed by atoms with van der Waals surface area (Å²) in [7, 11) is 0. The van der Waals surface area contributed by atoms with E-state index in [-0.39, 0.29) is 29.6 Å². The van der Waals surface area contributed by atoms with E-state index in [1.165, 1.54) is 0 Å². The van der Waals surface area contributed by atoms with Crippen molar-refractivity contribution < 1.29 is 9.59 Å². The van der Waals surface area contributed by atoms with Crippen LogP contribution in [0.4, 0.5) is 0 Å². The standard InChI is InChI=1S/C13H26N2O2/c1-5-7-8-10(12(14)16)11(9(3)4)13(17)15-6-2/h9-11H,5-8H2,1-4H3,(H2,14,16)(H,15,17)/t10-,11+/m0/s1. The van der Waals surface area contributed by atoms with Gasteiger partial charge in [0.15, 0.2) is 0 Å². The minimum absolute atomic E-state index is 0.0533. The summed E-state index contributed by atoms with van der Waals surface area (Å²) in [5, 5.41) is 2.79. The number of carbonyl (C=O) groups is 2. The zero-order valence-electron chi connectivity index (χ0n) is 11.5. The van der Waals surface area contributed by atoms with Crippen molar-refractivity contribution in [2.24, 2.45) is 23.5 Å². The van der Waals surface area contributed by atoms with Gasteiger partial charge in [0.05, 0.1) is 5.92 Å². The topological polar surface area (TPSA) is 72.2 Å². The lowest BCUT2D eigenvalue weighted by Crippen LogP contribution is -2.42. The summed E-state index contributed by atoms with van der Waals surface area (Å²) in [5.41, 5.74) is 5.43. The van der Waals surface area contributed by atoms with Crippen LogP contribution in [0.15, 0.2) is 0 Å². The number of amides is 2. The van der Waals surface area contributed by atoms with Crippen LogP contribution in [0.5, 0.6) is 0 Å². The van der Waals surface area contributed by atoms with Crippen molar-refractivity contribution in [1.82, 2.24) is 5.32 Å². The summed E-state index contributed by atoms with van der Waals surface area (Å²) in [6.07, 6.45) is 2.63. The van der Waals surface area contributed by atoms with Gasteiger partial charge in [0.25, 0.3) is 0 Å². The summed E-state index contributed by atoms with van der Waals surface area (Å²) in [4.78, 5) is 23.5. The first-order valence-electron chi connectivity index (χ1n) is 6.52. The maximum atomic E-state index is 12.0. The number of rotatable bonds is 8. The Bertz CT molecular complexity index is 252. The molecule has 4 heteroatoms. The van der Waals surface area contributed by atoms with Gasteiger partial charge in [-0.15, -0.1) is 0 Å². The van der Waals surface area contributed by atoms with Crippen molar-refractivity contribution in [1.29, 1.82) is 0 Å². The van der Waals surface area contributed by atoms with Gasteiger partial charge in [0, 0.05) is 12.5 Å². The summed E-state index contributed by atoms with van der Waals surface area (Å²) >= 11 is 0. The quantitative estimate of drug-likeness (QED) is 0.680. The van der Waals surface area contributed by atoms with Gasteiger partial charge >= 0.3 is 0 Å². The van der Waals surface area contributed by atoms with Gasteiger partial charge in [-0.25, -0.2) is 0 Å². The highest BCUT2D eigenvalue weighted by molar-refractivity contribution is 5.87. The molecule has 0 aliphatic heterocycles. The number of hydrogen-bond acceptors (Lipinski definition) is 2. The van der Waals surface area contributed by atoms with Crippen LogP contribution in [0.2, 0.25) is 0 Å². The van der Waals surface area contributed by atoms with Gasteiger partial charge in [-0.05, 0) is 19.3 Å². The zero-order valence-corrected chi connectivity index (χ0v) is 11.5. The maximum absolute atomic E-state index is 12.0. The number of hydrogen-bond donors (Lipinski definition) is 2. The molecule has 0 aliphatic rings. The lowest BCUT2D eigenvalue weighted by Gasteiger charge is -2.27.